The summed E-state index contributed by atoms with van der Waals surface area (Å²) in [6.45, 7) is 6.17. The van der Waals surface area contributed by atoms with Gasteiger partial charge in [-0.1, -0.05) is 0 Å². The SMILES string of the molecule is Cc1ccc(-c2nc3cccnc3n2C(C)C)o1. The van der Waals surface area contributed by atoms with Crippen LogP contribution in [0.1, 0.15) is 25.6 Å². The Morgan fingerprint density at radius 3 is 2.72 bits per heavy atom. The van der Waals surface area contributed by atoms with Gasteiger partial charge in [-0.05, 0) is 45.0 Å². The van der Waals surface area contributed by atoms with Crippen LogP contribution in [0.15, 0.2) is 34.9 Å². The van der Waals surface area contributed by atoms with Crippen LogP contribution in [0.4, 0.5) is 0 Å². The van der Waals surface area contributed by atoms with Crippen molar-refractivity contribution >= 4 is 11.2 Å². The van der Waals surface area contributed by atoms with E-state index in [-0.39, 0.29) is 6.04 Å². The topological polar surface area (TPSA) is 43.9 Å². The number of aromatic nitrogens is 3. The molecule has 3 aromatic heterocycles. The first-order chi connectivity index (χ1) is 8.66. The maximum atomic E-state index is 5.68. The molecule has 3 rings (SSSR count). The van der Waals surface area contributed by atoms with Gasteiger partial charge >= 0.3 is 0 Å². The monoisotopic (exact) mass is 241 g/mol. The van der Waals surface area contributed by atoms with Crippen LogP contribution in [0.25, 0.3) is 22.7 Å². The zero-order valence-corrected chi connectivity index (χ0v) is 10.7. The molecule has 0 atom stereocenters. The second-order valence-corrected chi connectivity index (χ2v) is 4.66. The fourth-order valence-corrected chi connectivity index (χ4v) is 2.15. The number of hydrogen-bond acceptors (Lipinski definition) is 3. The van der Waals surface area contributed by atoms with Crippen LogP contribution in [0, 0.1) is 6.92 Å². The third kappa shape index (κ3) is 1.61. The Kier molecular flexibility index (Phi) is 2.44. The van der Waals surface area contributed by atoms with E-state index >= 15 is 0 Å². The molecule has 0 radical (unpaired) electrons. The normalized spacial score (nSPS) is 11.6. The Labute approximate surface area is 105 Å². The van der Waals surface area contributed by atoms with Crippen molar-refractivity contribution in [1.29, 1.82) is 0 Å². The van der Waals surface area contributed by atoms with Crippen molar-refractivity contribution in [3.05, 3.63) is 36.2 Å². The molecule has 0 aromatic carbocycles. The first-order valence-electron chi connectivity index (χ1n) is 6.06. The molecule has 0 aliphatic heterocycles. The van der Waals surface area contributed by atoms with Gasteiger partial charge in [0.05, 0.1) is 0 Å². The molecule has 4 heteroatoms. The van der Waals surface area contributed by atoms with Gasteiger partial charge in [0.2, 0.25) is 0 Å². The smallest absolute Gasteiger partial charge is 0.178 e. The van der Waals surface area contributed by atoms with E-state index in [1.807, 2.05) is 31.2 Å². The summed E-state index contributed by atoms with van der Waals surface area (Å²) in [7, 11) is 0. The van der Waals surface area contributed by atoms with Gasteiger partial charge in [0.25, 0.3) is 0 Å². The van der Waals surface area contributed by atoms with Crippen molar-refractivity contribution < 1.29 is 4.42 Å². The Hall–Kier alpha value is -2.10. The molecule has 3 heterocycles. The number of fused-ring (bicyclic) bond motifs is 1. The minimum Gasteiger partial charge on any atom is -0.458 e. The number of imidazole rings is 1. The lowest BCUT2D eigenvalue weighted by atomic mass is 10.3. The summed E-state index contributed by atoms with van der Waals surface area (Å²) in [6, 6.07) is 8.06. The number of aryl methyl sites for hydroxylation is 1. The molecule has 0 spiro atoms. The summed E-state index contributed by atoms with van der Waals surface area (Å²) >= 11 is 0. The number of pyridine rings is 1. The second kappa shape index (κ2) is 3.98. The van der Waals surface area contributed by atoms with Crippen LogP contribution in [-0.4, -0.2) is 14.5 Å². The lowest BCUT2D eigenvalue weighted by Gasteiger charge is -2.10. The first kappa shape index (κ1) is 11.0. The fraction of sp³-hybridized carbons (Fsp3) is 0.286. The van der Waals surface area contributed by atoms with Gasteiger partial charge in [0.1, 0.15) is 11.3 Å². The van der Waals surface area contributed by atoms with E-state index < -0.39 is 0 Å². The minimum absolute atomic E-state index is 0.283. The number of furan rings is 1. The predicted octanol–water partition coefficient (Wildman–Crippen LogP) is 3.58. The Morgan fingerprint density at radius 1 is 1.22 bits per heavy atom. The summed E-state index contributed by atoms with van der Waals surface area (Å²) < 4.78 is 7.78. The molecule has 18 heavy (non-hydrogen) atoms. The lowest BCUT2D eigenvalue weighted by molar-refractivity contribution is 0.531. The van der Waals surface area contributed by atoms with E-state index in [1.165, 1.54) is 0 Å². The van der Waals surface area contributed by atoms with Crippen molar-refractivity contribution in [3.63, 3.8) is 0 Å². The second-order valence-electron chi connectivity index (χ2n) is 4.66. The summed E-state index contributed by atoms with van der Waals surface area (Å²) in [5, 5.41) is 0. The summed E-state index contributed by atoms with van der Waals surface area (Å²) in [5.74, 6) is 2.52. The van der Waals surface area contributed by atoms with Crippen molar-refractivity contribution in [2.45, 2.75) is 26.8 Å². The van der Waals surface area contributed by atoms with Gasteiger partial charge in [-0.15, -0.1) is 0 Å². The van der Waals surface area contributed by atoms with Crippen LogP contribution in [0.3, 0.4) is 0 Å². The zero-order valence-electron chi connectivity index (χ0n) is 10.7. The van der Waals surface area contributed by atoms with Crippen LogP contribution < -0.4 is 0 Å². The molecule has 0 fully saturated rings. The maximum Gasteiger partial charge on any atom is 0.178 e. The van der Waals surface area contributed by atoms with Crippen LogP contribution in [0.5, 0.6) is 0 Å². The number of nitrogens with zero attached hydrogens (tertiary/aromatic N) is 3. The van der Waals surface area contributed by atoms with Crippen LogP contribution >= 0.6 is 0 Å². The van der Waals surface area contributed by atoms with Gasteiger partial charge in [-0.2, -0.15) is 0 Å². The molecular formula is C14H15N3O. The van der Waals surface area contributed by atoms with Crippen molar-refractivity contribution in [3.8, 4) is 11.6 Å². The van der Waals surface area contributed by atoms with Gasteiger partial charge in [0.15, 0.2) is 17.2 Å². The van der Waals surface area contributed by atoms with Gasteiger partial charge < -0.3 is 8.98 Å². The molecule has 92 valence electrons. The Bertz CT molecular complexity index is 694. The Balaban J connectivity index is 2.31. The highest BCUT2D eigenvalue weighted by Gasteiger charge is 2.17. The highest BCUT2D eigenvalue weighted by Crippen LogP contribution is 2.28. The summed E-state index contributed by atoms with van der Waals surface area (Å²) in [4.78, 5) is 9.04. The van der Waals surface area contributed by atoms with E-state index in [0.29, 0.717) is 0 Å². The van der Waals surface area contributed by atoms with E-state index in [2.05, 4.69) is 28.4 Å². The zero-order chi connectivity index (χ0) is 12.7. The molecular weight excluding hydrogens is 226 g/mol. The lowest BCUT2D eigenvalue weighted by Crippen LogP contribution is -2.03. The summed E-state index contributed by atoms with van der Waals surface area (Å²) in [6.07, 6.45) is 1.79. The molecule has 0 N–H and O–H groups in total. The predicted molar refractivity (Wildman–Crippen MR) is 70.4 cm³/mol. The van der Waals surface area contributed by atoms with Gasteiger partial charge in [0, 0.05) is 12.2 Å². The largest absolute Gasteiger partial charge is 0.458 e. The van der Waals surface area contributed by atoms with E-state index in [9.17, 15) is 0 Å². The Morgan fingerprint density at radius 2 is 2.06 bits per heavy atom. The molecule has 4 nitrogen and oxygen atoms in total. The third-order valence-electron chi connectivity index (χ3n) is 2.93. The molecule has 0 bridgehead atoms. The molecule has 0 aliphatic carbocycles. The van der Waals surface area contributed by atoms with E-state index in [0.717, 1.165) is 28.5 Å². The van der Waals surface area contributed by atoms with E-state index in [4.69, 9.17) is 4.42 Å². The highest BCUT2D eigenvalue weighted by molar-refractivity contribution is 5.76. The average Bonchev–Trinajstić information content (AvgIpc) is 2.91. The molecule has 0 amide bonds. The van der Waals surface area contributed by atoms with Crippen molar-refractivity contribution in [1.82, 2.24) is 14.5 Å². The van der Waals surface area contributed by atoms with E-state index in [1.54, 1.807) is 6.20 Å². The maximum absolute atomic E-state index is 5.68. The number of rotatable bonds is 2. The third-order valence-corrected chi connectivity index (χ3v) is 2.93. The molecule has 3 aromatic rings. The molecule has 0 saturated heterocycles. The molecule has 0 saturated carbocycles. The molecule has 0 aliphatic rings. The number of hydrogen-bond donors (Lipinski definition) is 0. The van der Waals surface area contributed by atoms with Crippen LogP contribution in [-0.2, 0) is 0 Å². The van der Waals surface area contributed by atoms with Gasteiger partial charge in [-0.25, -0.2) is 9.97 Å². The fourth-order valence-electron chi connectivity index (χ4n) is 2.15. The standard InChI is InChI=1S/C14H15N3O/c1-9(2)17-13-11(5-4-8-15-13)16-14(17)12-7-6-10(3)18-12/h4-9H,1-3H3. The minimum atomic E-state index is 0.283. The average molecular weight is 241 g/mol. The first-order valence-corrected chi connectivity index (χ1v) is 6.06. The molecule has 0 unspecified atom stereocenters. The van der Waals surface area contributed by atoms with Gasteiger partial charge in [-0.3, -0.25) is 0 Å². The summed E-state index contributed by atoms with van der Waals surface area (Å²) in [5.41, 5.74) is 1.80. The quantitative estimate of drug-likeness (QED) is 0.688. The van der Waals surface area contributed by atoms with Crippen LogP contribution in [0.2, 0.25) is 0 Å². The van der Waals surface area contributed by atoms with Crippen molar-refractivity contribution in [2.75, 3.05) is 0 Å². The van der Waals surface area contributed by atoms with Crippen molar-refractivity contribution in [2.24, 2.45) is 0 Å². The highest BCUT2D eigenvalue weighted by atomic mass is 16.3.